The van der Waals surface area contributed by atoms with E-state index in [4.69, 9.17) is 10.5 Å². The summed E-state index contributed by atoms with van der Waals surface area (Å²) in [6, 6.07) is 20.3. The van der Waals surface area contributed by atoms with Crippen molar-refractivity contribution in [3.05, 3.63) is 84.2 Å². The minimum atomic E-state index is -1.07. The molecule has 0 aromatic heterocycles. The fourth-order valence-electron chi connectivity index (χ4n) is 2.69. The summed E-state index contributed by atoms with van der Waals surface area (Å²) < 4.78 is 18.3. The number of nitrogens with one attached hydrogen (secondary N) is 1. The van der Waals surface area contributed by atoms with Gasteiger partial charge in [0.05, 0.1) is 5.56 Å². The van der Waals surface area contributed by atoms with Gasteiger partial charge in [0.15, 0.2) is 6.10 Å². The molecule has 0 fully saturated rings. The molecule has 5 nitrogen and oxygen atoms in total. The van der Waals surface area contributed by atoms with Crippen LogP contribution < -0.4 is 11.1 Å². The van der Waals surface area contributed by atoms with E-state index in [1.807, 2.05) is 42.5 Å². The number of rotatable bonds is 5. The summed E-state index contributed by atoms with van der Waals surface area (Å²) in [5.74, 6) is -1.84. The zero-order chi connectivity index (χ0) is 20.1. The van der Waals surface area contributed by atoms with Crippen molar-refractivity contribution in [3.8, 4) is 11.1 Å². The van der Waals surface area contributed by atoms with E-state index in [2.05, 4.69) is 5.32 Å². The predicted molar refractivity (Wildman–Crippen MR) is 106 cm³/mol. The van der Waals surface area contributed by atoms with Crippen LogP contribution in [0.25, 0.3) is 11.1 Å². The minimum absolute atomic E-state index is 0.00531. The average molecular weight is 378 g/mol. The van der Waals surface area contributed by atoms with Crippen molar-refractivity contribution in [2.24, 2.45) is 0 Å². The van der Waals surface area contributed by atoms with Gasteiger partial charge in [-0.15, -0.1) is 0 Å². The summed E-state index contributed by atoms with van der Waals surface area (Å²) in [6.45, 7) is 1.46. The Morgan fingerprint density at radius 1 is 1.00 bits per heavy atom. The lowest BCUT2D eigenvalue weighted by Gasteiger charge is -2.16. The summed E-state index contributed by atoms with van der Waals surface area (Å²) in [4.78, 5) is 24.8. The number of anilines is 2. The van der Waals surface area contributed by atoms with Gasteiger partial charge in [0.1, 0.15) is 5.82 Å². The Bertz CT molecular complexity index is 1010. The largest absolute Gasteiger partial charge is 0.449 e. The lowest BCUT2D eigenvalue weighted by Crippen LogP contribution is -2.30. The van der Waals surface area contributed by atoms with Crippen molar-refractivity contribution < 1.29 is 18.7 Å². The van der Waals surface area contributed by atoms with Gasteiger partial charge in [0.2, 0.25) is 0 Å². The molecule has 3 aromatic carbocycles. The third kappa shape index (κ3) is 4.35. The molecule has 1 amide bonds. The molecule has 0 aliphatic carbocycles. The van der Waals surface area contributed by atoms with Gasteiger partial charge in [-0.3, -0.25) is 4.79 Å². The number of amides is 1. The Labute approximate surface area is 161 Å². The number of benzene rings is 3. The van der Waals surface area contributed by atoms with Crippen molar-refractivity contribution in [2.45, 2.75) is 13.0 Å². The third-order valence-corrected chi connectivity index (χ3v) is 4.16. The van der Waals surface area contributed by atoms with E-state index in [-0.39, 0.29) is 11.3 Å². The second-order valence-corrected chi connectivity index (χ2v) is 6.18. The molecule has 0 saturated heterocycles. The first-order chi connectivity index (χ1) is 13.5. The van der Waals surface area contributed by atoms with Crippen LogP contribution >= 0.6 is 0 Å². The summed E-state index contributed by atoms with van der Waals surface area (Å²) in [7, 11) is 0. The van der Waals surface area contributed by atoms with E-state index in [0.29, 0.717) is 5.69 Å². The molecule has 142 valence electrons. The number of hydrogen-bond donors (Lipinski definition) is 2. The van der Waals surface area contributed by atoms with Gasteiger partial charge in [-0.1, -0.05) is 48.5 Å². The summed E-state index contributed by atoms with van der Waals surface area (Å²) in [6.07, 6.45) is -1.07. The van der Waals surface area contributed by atoms with Gasteiger partial charge in [0.25, 0.3) is 5.91 Å². The number of esters is 1. The van der Waals surface area contributed by atoms with Gasteiger partial charge in [0, 0.05) is 16.9 Å². The van der Waals surface area contributed by atoms with Crippen molar-refractivity contribution in [1.82, 2.24) is 0 Å². The Balaban J connectivity index is 1.72. The Morgan fingerprint density at radius 2 is 1.68 bits per heavy atom. The molecule has 0 heterocycles. The quantitative estimate of drug-likeness (QED) is 0.513. The van der Waals surface area contributed by atoms with Crippen molar-refractivity contribution in [1.29, 1.82) is 0 Å². The highest BCUT2D eigenvalue weighted by Crippen LogP contribution is 2.27. The van der Waals surface area contributed by atoms with Crippen LogP contribution in [0.1, 0.15) is 17.3 Å². The molecule has 3 N–H and O–H groups in total. The molecule has 0 spiro atoms. The smallest absolute Gasteiger partial charge is 0.341 e. The molecule has 0 saturated carbocycles. The number of para-hydroxylation sites is 1. The van der Waals surface area contributed by atoms with E-state index in [1.165, 1.54) is 13.0 Å². The molecule has 0 unspecified atom stereocenters. The van der Waals surface area contributed by atoms with Crippen LogP contribution in [0.2, 0.25) is 0 Å². The summed E-state index contributed by atoms with van der Waals surface area (Å²) in [5.41, 5.74) is 7.99. The number of ether oxygens (including phenoxy) is 1. The first-order valence-electron chi connectivity index (χ1n) is 8.67. The summed E-state index contributed by atoms with van der Waals surface area (Å²) >= 11 is 0. The minimum Gasteiger partial charge on any atom is -0.449 e. The maximum atomic E-state index is 13.1. The van der Waals surface area contributed by atoms with Crippen molar-refractivity contribution >= 4 is 23.3 Å². The lowest BCUT2D eigenvalue weighted by atomic mass is 10.0. The van der Waals surface area contributed by atoms with Gasteiger partial charge in [-0.2, -0.15) is 0 Å². The monoisotopic (exact) mass is 378 g/mol. The highest BCUT2D eigenvalue weighted by molar-refractivity contribution is 6.01. The molecule has 0 bridgehead atoms. The molecule has 28 heavy (non-hydrogen) atoms. The summed E-state index contributed by atoms with van der Waals surface area (Å²) in [5, 5.41) is 2.78. The Kier molecular flexibility index (Phi) is 5.69. The van der Waals surface area contributed by atoms with Gasteiger partial charge >= 0.3 is 5.97 Å². The molecule has 0 radical (unpaired) electrons. The van der Waals surface area contributed by atoms with Crippen molar-refractivity contribution in [2.75, 3.05) is 11.1 Å². The molecule has 3 rings (SSSR count). The maximum Gasteiger partial charge on any atom is 0.341 e. The van der Waals surface area contributed by atoms with Crippen LogP contribution in [0, 0.1) is 5.82 Å². The van der Waals surface area contributed by atoms with Crippen LogP contribution in [0.5, 0.6) is 0 Å². The van der Waals surface area contributed by atoms with Gasteiger partial charge < -0.3 is 15.8 Å². The zero-order valence-corrected chi connectivity index (χ0v) is 15.2. The fourth-order valence-corrected chi connectivity index (χ4v) is 2.69. The molecule has 6 heteroatoms. The number of carbonyl (C=O) groups excluding carboxylic acids is 2. The molecular formula is C22H19FN2O3. The van der Waals surface area contributed by atoms with Gasteiger partial charge in [-0.25, -0.2) is 9.18 Å². The maximum absolute atomic E-state index is 13.1. The van der Waals surface area contributed by atoms with E-state index < -0.39 is 23.8 Å². The molecule has 3 aromatic rings. The normalized spacial score (nSPS) is 11.5. The van der Waals surface area contributed by atoms with E-state index in [0.717, 1.165) is 23.3 Å². The number of carbonyl (C=O) groups is 2. The molecule has 1 atom stereocenters. The first-order valence-corrected chi connectivity index (χ1v) is 8.67. The van der Waals surface area contributed by atoms with Crippen LogP contribution in [-0.2, 0) is 9.53 Å². The van der Waals surface area contributed by atoms with Crippen LogP contribution in [-0.4, -0.2) is 18.0 Å². The van der Waals surface area contributed by atoms with Gasteiger partial charge in [-0.05, 0) is 36.8 Å². The average Bonchev–Trinajstić information content (AvgIpc) is 2.69. The first kappa shape index (κ1) is 19.1. The van der Waals surface area contributed by atoms with E-state index in [1.54, 1.807) is 12.1 Å². The van der Waals surface area contributed by atoms with Crippen LogP contribution in [0.4, 0.5) is 15.8 Å². The SMILES string of the molecule is C[C@H](OC(=O)c1ccc(F)cc1N)C(=O)Nc1ccccc1-c1ccccc1. The highest BCUT2D eigenvalue weighted by atomic mass is 19.1. The number of halogens is 1. The predicted octanol–water partition coefficient (Wildman–Crippen LogP) is 4.26. The fraction of sp³-hybridized carbons (Fsp3) is 0.0909. The number of hydrogen-bond acceptors (Lipinski definition) is 4. The molecule has 0 aliphatic rings. The second-order valence-electron chi connectivity index (χ2n) is 6.18. The number of nitrogens with two attached hydrogens (primary N) is 1. The third-order valence-electron chi connectivity index (χ3n) is 4.16. The lowest BCUT2D eigenvalue weighted by molar-refractivity contribution is -0.123. The zero-order valence-electron chi connectivity index (χ0n) is 15.2. The molecular weight excluding hydrogens is 359 g/mol. The van der Waals surface area contributed by atoms with E-state index >= 15 is 0 Å². The van der Waals surface area contributed by atoms with E-state index in [9.17, 15) is 14.0 Å². The van der Waals surface area contributed by atoms with Crippen LogP contribution in [0.3, 0.4) is 0 Å². The molecule has 0 aliphatic heterocycles. The topological polar surface area (TPSA) is 81.4 Å². The highest BCUT2D eigenvalue weighted by Gasteiger charge is 2.21. The second kappa shape index (κ2) is 8.35. The Hall–Kier alpha value is -3.67. The number of nitrogen functional groups attached to an aromatic ring is 1. The Morgan fingerprint density at radius 3 is 2.39 bits per heavy atom. The van der Waals surface area contributed by atoms with Crippen molar-refractivity contribution in [3.63, 3.8) is 0 Å². The standard InChI is InChI=1S/C22H19FN2O3/c1-14(28-22(27)18-12-11-16(23)13-19(18)24)21(26)25-20-10-6-5-9-17(20)15-7-3-2-4-8-15/h2-14H,24H2,1H3,(H,25,26)/t14-/m0/s1. The van der Waals surface area contributed by atoms with Crippen LogP contribution in [0.15, 0.2) is 72.8 Å².